The lowest BCUT2D eigenvalue weighted by atomic mass is 10.3. The van der Waals surface area contributed by atoms with E-state index in [1.54, 1.807) is 13.1 Å². The van der Waals surface area contributed by atoms with Crippen LogP contribution in [0.5, 0.6) is 0 Å². The van der Waals surface area contributed by atoms with Gasteiger partial charge >= 0.3 is 5.97 Å². The molecule has 0 spiro atoms. The molecular weight excluding hydrogens is 264 g/mol. The number of carboxylic acid groups (broad SMARTS) is 1. The Hall–Kier alpha value is -2.31. The van der Waals surface area contributed by atoms with Gasteiger partial charge in [0.15, 0.2) is 5.76 Å². The molecule has 0 bridgehead atoms. The van der Waals surface area contributed by atoms with Crippen LogP contribution in [-0.4, -0.2) is 47.9 Å². The van der Waals surface area contributed by atoms with Crippen molar-refractivity contribution in [2.75, 3.05) is 20.1 Å². The van der Waals surface area contributed by atoms with Gasteiger partial charge in [-0.3, -0.25) is 14.4 Å². The van der Waals surface area contributed by atoms with Gasteiger partial charge in [-0.15, -0.1) is 0 Å². The summed E-state index contributed by atoms with van der Waals surface area (Å²) in [6, 6.07) is 3.14. The number of furan rings is 1. The molecule has 20 heavy (non-hydrogen) atoms. The lowest BCUT2D eigenvalue weighted by molar-refractivity contribution is -0.138. The van der Waals surface area contributed by atoms with Gasteiger partial charge in [0.25, 0.3) is 5.91 Å². The quantitative estimate of drug-likeness (QED) is 0.732. The highest BCUT2D eigenvalue weighted by Gasteiger charge is 2.11. The molecule has 0 atom stereocenters. The second-order valence-corrected chi connectivity index (χ2v) is 4.30. The summed E-state index contributed by atoms with van der Waals surface area (Å²) in [4.78, 5) is 35.0. The molecule has 1 aromatic rings. The molecule has 7 nitrogen and oxygen atoms in total. The monoisotopic (exact) mass is 282 g/mol. The third-order valence-corrected chi connectivity index (χ3v) is 2.68. The van der Waals surface area contributed by atoms with Gasteiger partial charge in [0, 0.05) is 33.0 Å². The standard InChI is InChI=1S/C13H18N2O5/c1-15(8-2-5-12(17)18)11(16)6-7-14-13(19)10-4-3-9-20-10/h3-4,9H,2,5-8H2,1H3,(H,14,19)(H,17,18). The zero-order valence-electron chi connectivity index (χ0n) is 11.3. The third kappa shape index (κ3) is 5.55. The van der Waals surface area contributed by atoms with Crippen molar-refractivity contribution < 1.29 is 23.9 Å². The van der Waals surface area contributed by atoms with E-state index in [1.165, 1.54) is 17.2 Å². The Labute approximate surface area is 116 Å². The van der Waals surface area contributed by atoms with Crippen molar-refractivity contribution in [3.05, 3.63) is 24.2 Å². The fourth-order valence-electron chi connectivity index (χ4n) is 1.56. The first-order valence-corrected chi connectivity index (χ1v) is 6.28. The molecular formula is C13H18N2O5. The number of amides is 2. The first kappa shape index (κ1) is 15.7. The number of aliphatic carboxylic acids is 1. The lowest BCUT2D eigenvalue weighted by Gasteiger charge is -2.16. The van der Waals surface area contributed by atoms with Gasteiger partial charge in [0.2, 0.25) is 5.91 Å². The molecule has 1 rings (SSSR count). The van der Waals surface area contributed by atoms with Crippen LogP contribution >= 0.6 is 0 Å². The number of carbonyl (C=O) groups is 3. The van der Waals surface area contributed by atoms with E-state index in [2.05, 4.69) is 5.32 Å². The Kier molecular flexibility index (Phi) is 6.28. The van der Waals surface area contributed by atoms with Crippen molar-refractivity contribution >= 4 is 17.8 Å². The third-order valence-electron chi connectivity index (χ3n) is 2.68. The average molecular weight is 282 g/mol. The molecule has 0 aliphatic carbocycles. The Bertz CT molecular complexity index is 455. The van der Waals surface area contributed by atoms with Crippen LogP contribution in [0.3, 0.4) is 0 Å². The Balaban J connectivity index is 2.19. The van der Waals surface area contributed by atoms with Gasteiger partial charge in [0.1, 0.15) is 0 Å². The fourth-order valence-corrected chi connectivity index (χ4v) is 1.56. The molecule has 0 unspecified atom stereocenters. The summed E-state index contributed by atoms with van der Waals surface area (Å²) in [6.45, 7) is 0.596. The molecule has 0 radical (unpaired) electrons. The zero-order valence-corrected chi connectivity index (χ0v) is 11.3. The van der Waals surface area contributed by atoms with Gasteiger partial charge in [-0.25, -0.2) is 0 Å². The summed E-state index contributed by atoms with van der Waals surface area (Å²) in [6.07, 6.45) is 2.01. The van der Waals surface area contributed by atoms with E-state index in [0.29, 0.717) is 13.0 Å². The zero-order chi connectivity index (χ0) is 15.0. The van der Waals surface area contributed by atoms with E-state index in [4.69, 9.17) is 9.52 Å². The van der Waals surface area contributed by atoms with Crippen molar-refractivity contribution in [3.8, 4) is 0 Å². The summed E-state index contributed by atoms with van der Waals surface area (Å²) in [7, 11) is 1.61. The molecule has 110 valence electrons. The summed E-state index contributed by atoms with van der Waals surface area (Å²) >= 11 is 0. The Morgan fingerprint density at radius 1 is 1.35 bits per heavy atom. The van der Waals surface area contributed by atoms with Crippen molar-refractivity contribution in [1.82, 2.24) is 10.2 Å². The van der Waals surface area contributed by atoms with Gasteiger partial charge in [0.05, 0.1) is 6.26 Å². The largest absolute Gasteiger partial charge is 0.481 e. The second kappa shape index (κ2) is 7.98. The summed E-state index contributed by atoms with van der Waals surface area (Å²) in [5.74, 6) is -1.18. The van der Waals surface area contributed by atoms with Crippen LogP contribution in [0.1, 0.15) is 29.8 Å². The number of nitrogens with one attached hydrogen (secondary N) is 1. The highest BCUT2D eigenvalue weighted by atomic mass is 16.4. The normalized spacial score (nSPS) is 10.1. The highest BCUT2D eigenvalue weighted by molar-refractivity contribution is 5.91. The number of rotatable bonds is 8. The summed E-state index contributed by atoms with van der Waals surface area (Å²) in [5.41, 5.74) is 0. The highest BCUT2D eigenvalue weighted by Crippen LogP contribution is 2.00. The topological polar surface area (TPSA) is 99.9 Å². The van der Waals surface area contributed by atoms with Crippen LogP contribution in [0.25, 0.3) is 0 Å². The van der Waals surface area contributed by atoms with E-state index >= 15 is 0 Å². The van der Waals surface area contributed by atoms with Crippen LogP contribution in [0.15, 0.2) is 22.8 Å². The van der Waals surface area contributed by atoms with E-state index in [1.807, 2.05) is 0 Å². The van der Waals surface area contributed by atoms with Crippen molar-refractivity contribution in [2.45, 2.75) is 19.3 Å². The van der Waals surface area contributed by atoms with Crippen molar-refractivity contribution in [2.24, 2.45) is 0 Å². The van der Waals surface area contributed by atoms with Gasteiger partial charge in [-0.2, -0.15) is 0 Å². The minimum atomic E-state index is -0.878. The van der Waals surface area contributed by atoms with E-state index in [-0.39, 0.29) is 37.0 Å². The SMILES string of the molecule is CN(CCCC(=O)O)C(=O)CCNC(=O)c1ccco1. The maximum atomic E-state index is 11.7. The smallest absolute Gasteiger partial charge is 0.303 e. The molecule has 7 heteroatoms. The lowest BCUT2D eigenvalue weighted by Crippen LogP contribution is -2.32. The molecule has 2 amide bonds. The average Bonchev–Trinajstić information content (AvgIpc) is 2.91. The molecule has 0 fully saturated rings. The summed E-state index contributed by atoms with van der Waals surface area (Å²) in [5, 5.41) is 11.1. The number of hydrogen-bond donors (Lipinski definition) is 2. The van der Waals surface area contributed by atoms with Crippen LogP contribution < -0.4 is 5.32 Å². The maximum absolute atomic E-state index is 11.7. The second-order valence-electron chi connectivity index (χ2n) is 4.30. The first-order chi connectivity index (χ1) is 9.50. The Morgan fingerprint density at radius 2 is 2.10 bits per heavy atom. The molecule has 0 aliphatic heterocycles. The van der Waals surface area contributed by atoms with Crippen molar-refractivity contribution in [1.29, 1.82) is 0 Å². The molecule has 0 saturated heterocycles. The number of nitrogens with zero attached hydrogens (tertiary/aromatic N) is 1. The number of carboxylic acids is 1. The van der Waals surface area contributed by atoms with Crippen molar-refractivity contribution in [3.63, 3.8) is 0 Å². The van der Waals surface area contributed by atoms with E-state index < -0.39 is 5.97 Å². The number of carbonyl (C=O) groups excluding carboxylic acids is 2. The maximum Gasteiger partial charge on any atom is 0.303 e. The van der Waals surface area contributed by atoms with Gasteiger partial charge in [-0.1, -0.05) is 0 Å². The molecule has 0 aliphatic rings. The molecule has 2 N–H and O–H groups in total. The molecule has 1 heterocycles. The minimum Gasteiger partial charge on any atom is -0.481 e. The predicted molar refractivity (Wildman–Crippen MR) is 70.2 cm³/mol. The molecule has 0 saturated carbocycles. The fraction of sp³-hybridized carbons (Fsp3) is 0.462. The van der Waals surface area contributed by atoms with Gasteiger partial charge < -0.3 is 19.7 Å². The first-order valence-electron chi connectivity index (χ1n) is 6.28. The van der Waals surface area contributed by atoms with Crippen LogP contribution in [-0.2, 0) is 9.59 Å². The minimum absolute atomic E-state index is 0.0346. The Morgan fingerprint density at radius 3 is 2.70 bits per heavy atom. The van der Waals surface area contributed by atoms with Gasteiger partial charge in [-0.05, 0) is 18.6 Å². The molecule has 1 aromatic heterocycles. The van der Waals surface area contributed by atoms with Crippen LogP contribution in [0.4, 0.5) is 0 Å². The van der Waals surface area contributed by atoms with E-state index in [9.17, 15) is 14.4 Å². The van der Waals surface area contributed by atoms with E-state index in [0.717, 1.165) is 0 Å². The number of hydrogen-bond acceptors (Lipinski definition) is 4. The molecule has 0 aromatic carbocycles. The predicted octanol–water partition coefficient (Wildman–Crippen LogP) is 0.723. The van der Waals surface area contributed by atoms with Crippen LogP contribution in [0, 0.1) is 0 Å². The summed E-state index contributed by atoms with van der Waals surface area (Å²) < 4.78 is 4.91. The van der Waals surface area contributed by atoms with Crippen LogP contribution in [0.2, 0.25) is 0 Å².